The van der Waals surface area contributed by atoms with Crippen LogP contribution in [-0.4, -0.2) is 30.6 Å². The second kappa shape index (κ2) is 5.43. The first-order chi connectivity index (χ1) is 9.69. The molecule has 0 atom stereocenters. The van der Waals surface area contributed by atoms with Crippen LogP contribution in [0.3, 0.4) is 0 Å². The predicted octanol–water partition coefficient (Wildman–Crippen LogP) is 1.30. The Morgan fingerprint density at radius 3 is 2.43 bits per heavy atom. The Bertz CT molecular complexity index is 581. The quantitative estimate of drug-likeness (QED) is 0.655. The SMILES string of the molecule is NC(=O)c1c(NCC(F)(F)F)sc(C(=O)NC2CC2)c1N. The average Bonchev–Trinajstić information content (AvgIpc) is 3.07. The van der Waals surface area contributed by atoms with Crippen LogP contribution in [0.15, 0.2) is 0 Å². The van der Waals surface area contributed by atoms with E-state index in [-0.39, 0.29) is 27.2 Å². The average molecular weight is 322 g/mol. The number of hydrogen-bond donors (Lipinski definition) is 4. The van der Waals surface area contributed by atoms with Gasteiger partial charge in [-0.1, -0.05) is 0 Å². The normalized spacial score (nSPS) is 14.8. The predicted molar refractivity (Wildman–Crippen MR) is 72.3 cm³/mol. The van der Waals surface area contributed by atoms with Gasteiger partial charge in [-0.05, 0) is 12.8 Å². The van der Waals surface area contributed by atoms with Gasteiger partial charge in [0.1, 0.15) is 16.4 Å². The lowest BCUT2D eigenvalue weighted by molar-refractivity contribution is -0.115. The Morgan fingerprint density at radius 1 is 1.33 bits per heavy atom. The number of rotatable bonds is 5. The molecule has 1 aromatic heterocycles. The molecule has 1 aliphatic carbocycles. The lowest BCUT2D eigenvalue weighted by atomic mass is 10.2. The van der Waals surface area contributed by atoms with Gasteiger partial charge in [-0.15, -0.1) is 11.3 Å². The van der Waals surface area contributed by atoms with Crippen LogP contribution in [0.25, 0.3) is 0 Å². The first kappa shape index (κ1) is 15.4. The molecule has 0 radical (unpaired) electrons. The van der Waals surface area contributed by atoms with Crippen LogP contribution in [0.1, 0.15) is 32.9 Å². The monoisotopic (exact) mass is 322 g/mol. The van der Waals surface area contributed by atoms with Gasteiger partial charge in [0.2, 0.25) is 0 Å². The topological polar surface area (TPSA) is 110 Å². The second-order valence-corrected chi connectivity index (χ2v) is 5.65. The van der Waals surface area contributed by atoms with Gasteiger partial charge >= 0.3 is 6.18 Å². The third kappa shape index (κ3) is 3.78. The number of halogens is 3. The van der Waals surface area contributed by atoms with Crippen molar-refractivity contribution < 1.29 is 22.8 Å². The highest BCUT2D eigenvalue weighted by Crippen LogP contribution is 2.36. The zero-order chi connectivity index (χ0) is 15.8. The molecule has 21 heavy (non-hydrogen) atoms. The first-order valence-electron chi connectivity index (χ1n) is 6.02. The zero-order valence-corrected chi connectivity index (χ0v) is 11.5. The van der Waals surface area contributed by atoms with Crippen molar-refractivity contribution in [3.05, 3.63) is 10.4 Å². The molecule has 10 heteroatoms. The van der Waals surface area contributed by atoms with Crippen molar-refractivity contribution in [2.24, 2.45) is 5.73 Å². The van der Waals surface area contributed by atoms with Gasteiger partial charge < -0.3 is 22.1 Å². The maximum absolute atomic E-state index is 12.2. The molecule has 1 fully saturated rings. The number of hydrogen-bond acceptors (Lipinski definition) is 5. The van der Waals surface area contributed by atoms with Crippen LogP contribution in [0.2, 0.25) is 0 Å². The van der Waals surface area contributed by atoms with E-state index >= 15 is 0 Å². The third-order valence-electron chi connectivity index (χ3n) is 2.76. The number of carbonyl (C=O) groups excluding carboxylic acids is 2. The summed E-state index contributed by atoms with van der Waals surface area (Å²) in [6, 6.07) is 0.0580. The minimum absolute atomic E-state index is 0.0135. The summed E-state index contributed by atoms with van der Waals surface area (Å²) in [5, 5.41) is 4.55. The smallest absolute Gasteiger partial charge is 0.397 e. The summed E-state index contributed by atoms with van der Waals surface area (Å²) in [5.74, 6) is -1.50. The van der Waals surface area contributed by atoms with Gasteiger partial charge in [0, 0.05) is 6.04 Å². The van der Waals surface area contributed by atoms with Crippen molar-refractivity contribution in [2.45, 2.75) is 25.1 Å². The zero-order valence-electron chi connectivity index (χ0n) is 10.7. The summed E-state index contributed by atoms with van der Waals surface area (Å²) in [6.45, 7) is -1.35. The van der Waals surface area contributed by atoms with Crippen LogP contribution in [0.5, 0.6) is 0 Å². The summed E-state index contributed by atoms with van der Waals surface area (Å²) in [6.07, 6.45) is -2.78. The number of carbonyl (C=O) groups is 2. The molecule has 2 rings (SSSR count). The van der Waals surface area contributed by atoms with E-state index in [1.54, 1.807) is 0 Å². The van der Waals surface area contributed by atoms with E-state index in [4.69, 9.17) is 11.5 Å². The number of nitrogen functional groups attached to an aromatic ring is 1. The van der Waals surface area contributed by atoms with E-state index in [1.165, 1.54) is 0 Å². The summed E-state index contributed by atoms with van der Waals surface area (Å²) in [4.78, 5) is 23.2. The number of nitrogens with two attached hydrogens (primary N) is 2. The third-order valence-corrected chi connectivity index (χ3v) is 3.92. The number of primary amides is 1. The number of anilines is 2. The molecule has 6 nitrogen and oxygen atoms in total. The molecule has 0 aromatic carbocycles. The molecule has 6 N–H and O–H groups in total. The largest absolute Gasteiger partial charge is 0.405 e. The number of nitrogens with one attached hydrogen (secondary N) is 2. The standard InChI is InChI=1S/C11H13F3N4O2S/c12-11(13,14)3-17-10-5(8(16)19)6(15)7(21-10)9(20)18-4-1-2-4/h4,17H,1-3,15H2,(H2,16,19)(H,18,20). The Morgan fingerprint density at radius 2 is 1.95 bits per heavy atom. The molecule has 1 aromatic rings. The van der Waals surface area contributed by atoms with E-state index in [9.17, 15) is 22.8 Å². The highest BCUT2D eigenvalue weighted by atomic mass is 32.1. The molecule has 2 amide bonds. The highest BCUT2D eigenvalue weighted by Gasteiger charge is 2.31. The molecule has 1 saturated carbocycles. The van der Waals surface area contributed by atoms with Crippen LogP contribution in [0.4, 0.5) is 23.9 Å². The highest BCUT2D eigenvalue weighted by molar-refractivity contribution is 7.19. The van der Waals surface area contributed by atoms with Gasteiger partial charge in [-0.3, -0.25) is 9.59 Å². The molecule has 0 unspecified atom stereocenters. The lowest BCUT2D eigenvalue weighted by Gasteiger charge is -2.08. The minimum atomic E-state index is -4.47. The van der Waals surface area contributed by atoms with E-state index in [0.717, 1.165) is 12.8 Å². The molecule has 0 aliphatic heterocycles. The van der Waals surface area contributed by atoms with E-state index in [0.29, 0.717) is 11.3 Å². The molecule has 0 saturated heterocycles. The van der Waals surface area contributed by atoms with Crippen LogP contribution in [-0.2, 0) is 0 Å². The minimum Gasteiger partial charge on any atom is -0.397 e. The summed E-state index contributed by atoms with van der Waals surface area (Å²) >= 11 is 0.684. The van der Waals surface area contributed by atoms with Crippen LogP contribution >= 0.6 is 11.3 Å². The molecule has 0 bridgehead atoms. The number of thiophene rings is 1. The lowest BCUT2D eigenvalue weighted by Crippen LogP contribution is -2.25. The van der Waals surface area contributed by atoms with Crippen molar-refractivity contribution in [1.82, 2.24) is 5.32 Å². The van der Waals surface area contributed by atoms with E-state index in [1.807, 2.05) is 0 Å². The molecular formula is C11H13F3N4O2S. The second-order valence-electron chi connectivity index (χ2n) is 4.63. The van der Waals surface area contributed by atoms with E-state index < -0.39 is 24.5 Å². The van der Waals surface area contributed by atoms with Gasteiger partial charge in [-0.2, -0.15) is 13.2 Å². The fourth-order valence-corrected chi connectivity index (χ4v) is 2.67. The maximum Gasteiger partial charge on any atom is 0.405 e. The van der Waals surface area contributed by atoms with Crippen molar-refractivity contribution in [1.29, 1.82) is 0 Å². The first-order valence-corrected chi connectivity index (χ1v) is 6.84. The Labute approximate surface area is 121 Å². The Balaban J connectivity index is 2.26. The van der Waals surface area contributed by atoms with Gasteiger partial charge in [0.25, 0.3) is 11.8 Å². The number of alkyl halides is 3. The molecule has 0 spiro atoms. The molecule has 116 valence electrons. The molecule has 1 aliphatic rings. The Kier molecular flexibility index (Phi) is 3.99. The van der Waals surface area contributed by atoms with Gasteiger partial charge in [0.15, 0.2) is 0 Å². The summed E-state index contributed by atoms with van der Waals surface area (Å²) in [7, 11) is 0. The summed E-state index contributed by atoms with van der Waals surface area (Å²) in [5.41, 5.74) is 10.3. The van der Waals surface area contributed by atoms with Gasteiger partial charge in [0.05, 0.1) is 11.3 Å². The van der Waals surface area contributed by atoms with Crippen molar-refractivity contribution in [3.8, 4) is 0 Å². The van der Waals surface area contributed by atoms with Crippen LogP contribution in [0, 0.1) is 0 Å². The van der Waals surface area contributed by atoms with Crippen molar-refractivity contribution in [2.75, 3.05) is 17.6 Å². The molecular weight excluding hydrogens is 309 g/mol. The molecule has 1 heterocycles. The maximum atomic E-state index is 12.2. The van der Waals surface area contributed by atoms with Crippen molar-refractivity contribution >= 4 is 33.8 Å². The fraction of sp³-hybridized carbons (Fsp3) is 0.455. The van der Waals surface area contributed by atoms with Crippen molar-refractivity contribution in [3.63, 3.8) is 0 Å². The van der Waals surface area contributed by atoms with Gasteiger partial charge in [-0.25, -0.2) is 0 Å². The summed E-state index contributed by atoms with van der Waals surface area (Å²) < 4.78 is 36.7. The van der Waals surface area contributed by atoms with Crippen LogP contribution < -0.4 is 22.1 Å². The number of amides is 2. The van der Waals surface area contributed by atoms with E-state index in [2.05, 4.69) is 10.6 Å². The Hall–Kier alpha value is -1.97. The fourth-order valence-electron chi connectivity index (χ4n) is 1.64.